The summed E-state index contributed by atoms with van der Waals surface area (Å²) < 4.78 is 47.8. The third-order valence-electron chi connectivity index (χ3n) is 5.00. The lowest BCUT2D eigenvalue weighted by molar-refractivity contribution is -0.0317. The van der Waals surface area contributed by atoms with Crippen LogP contribution in [0.15, 0.2) is 11.2 Å². The van der Waals surface area contributed by atoms with E-state index in [4.69, 9.17) is 9.47 Å². The van der Waals surface area contributed by atoms with E-state index in [-0.39, 0.29) is 17.8 Å². The molecule has 0 radical (unpaired) electrons. The summed E-state index contributed by atoms with van der Waals surface area (Å²) in [7, 11) is -5.12. The highest BCUT2D eigenvalue weighted by Gasteiger charge is 2.52. The third kappa shape index (κ3) is 7.33. The number of hydrogen-bond acceptors (Lipinski definition) is 10. The van der Waals surface area contributed by atoms with Crippen molar-refractivity contribution in [3.63, 3.8) is 0 Å². The first kappa shape index (κ1) is 29.6. The number of urea groups is 1. The number of carbonyl (C=O) groups is 4. The van der Waals surface area contributed by atoms with Gasteiger partial charge < -0.3 is 24.8 Å². The molecule has 5 amide bonds. The molecular formula is C20H29N7O11S. The number of ether oxygens (including phenoxy) is 2. The number of nitrogens with zero attached hydrogens (tertiary/aromatic N) is 5. The van der Waals surface area contributed by atoms with E-state index >= 15 is 0 Å². The minimum Gasteiger partial charge on any atom is -0.465 e. The van der Waals surface area contributed by atoms with Gasteiger partial charge in [0.2, 0.25) is 5.96 Å². The number of aliphatic imine (C=N–C) groups is 1. The SMILES string of the molecule is CC(C)(C)OC(=O)/N=C(\NC(=O)OC(C)(C)C)n1ncc2c1C(CNC(=O)O)N1CC2N(OS(=O)(=O)O)C1=O. The number of amides is 5. The van der Waals surface area contributed by atoms with Crippen LogP contribution in [0.4, 0.5) is 19.2 Å². The zero-order valence-electron chi connectivity index (χ0n) is 21.9. The van der Waals surface area contributed by atoms with Gasteiger partial charge in [-0.05, 0) is 41.5 Å². The van der Waals surface area contributed by atoms with Crippen LogP contribution in [0.5, 0.6) is 0 Å². The number of hydroxylamine groups is 2. The first-order chi connectivity index (χ1) is 17.8. The molecule has 19 heteroatoms. The second-order valence-corrected chi connectivity index (χ2v) is 11.4. The molecule has 3 heterocycles. The van der Waals surface area contributed by atoms with Gasteiger partial charge in [0.15, 0.2) is 0 Å². The van der Waals surface area contributed by atoms with Gasteiger partial charge in [0.05, 0.1) is 24.5 Å². The van der Waals surface area contributed by atoms with Crippen molar-refractivity contribution < 1.29 is 51.0 Å². The molecule has 2 aliphatic rings. The second kappa shape index (κ2) is 10.3. The Morgan fingerprint density at radius 1 is 1.15 bits per heavy atom. The summed E-state index contributed by atoms with van der Waals surface area (Å²) in [5.41, 5.74) is -1.70. The fourth-order valence-corrected chi connectivity index (χ4v) is 4.20. The summed E-state index contributed by atoms with van der Waals surface area (Å²) in [6, 6.07) is -3.29. The maximum atomic E-state index is 13.0. The Bertz CT molecular complexity index is 1310. The third-order valence-corrected chi connectivity index (χ3v) is 5.35. The molecule has 1 fully saturated rings. The average Bonchev–Trinajstić information content (AvgIpc) is 3.26. The highest BCUT2D eigenvalue weighted by atomic mass is 32.3. The Hall–Kier alpha value is -3.97. The number of nitrogens with one attached hydrogen (secondary N) is 2. The molecule has 18 nitrogen and oxygen atoms in total. The van der Waals surface area contributed by atoms with Crippen LogP contribution in [-0.4, -0.2) is 92.4 Å². The average molecular weight is 576 g/mol. The monoisotopic (exact) mass is 575 g/mol. The summed E-state index contributed by atoms with van der Waals surface area (Å²) in [4.78, 5) is 54.3. The van der Waals surface area contributed by atoms with Gasteiger partial charge in [0.25, 0.3) is 0 Å². The molecule has 1 saturated heterocycles. The van der Waals surface area contributed by atoms with Crippen molar-refractivity contribution in [2.45, 2.75) is 64.8 Å². The Balaban J connectivity index is 2.14. The van der Waals surface area contributed by atoms with Crippen LogP contribution in [0.1, 0.15) is 64.9 Å². The molecule has 2 unspecified atom stereocenters. The highest BCUT2D eigenvalue weighted by molar-refractivity contribution is 7.80. The van der Waals surface area contributed by atoms with Gasteiger partial charge in [-0.25, -0.2) is 23.9 Å². The molecule has 1 aromatic heterocycles. The van der Waals surface area contributed by atoms with Crippen LogP contribution < -0.4 is 10.6 Å². The van der Waals surface area contributed by atoms with Crippen molar-refractivity contribution in [1.29, 1.82) is 0 Å². The van der Waals surface area contributed by atoms with Gasteiger partial charge in [-0.2, -0.15) is 18.6 Å². The van der Waals surface area contributed by atoms with Crippen molar-refractivity contribution in [1.82, 2.24) is 30.4 Å². The van der Waals surface area contributed by atoms with Gasteiger partial charge in [-0.1, -0.05) is 0 Å². The summed E-state index contributed by atoms with van der Waals surface area (Å²) in [5.74, 6) is -0.516. The quantitative estimate of drug-likeness (QED) is 0.227. The maximum absolute atomic E-state index is 13.0. The molecule has 0 spiro atoms. The number of alkyl carbamates (subject to hydrolysis) is 1. The van der Waals surface area contributed by atoms with E-state index in [0.29, 0.717) is 5.06 Å². The lowest BCUT2D eigenvalue weighted by atomic mass is 9.98. The summed E-state index contributed by atoms with van der Waals surface area (Å²) in [5, 5.41) is 18.2. The van der Waals surface area contributed by atoms with Crippen molar-refractivity contribution in [3.8, 4) is 0 Å². The number of carboxylic acid groups (broad SMARTS) is 1. The predicted molar refractivity (Wildman–Crippen MR) is 129 cm³/mol. The van der Waals surface area contributed by atoms with E-state index in [1.807, 2.05) is 0 Å². The molecular weight excluding hydrogens is 546 g/mol. The molecule has 0 aliphatic carbocycles. The first-order valence-electron chi connectivity index (χ1n) is 11.4. The van der Waals surface area contributed by atoms with Crippen molar-refractivity contribution in [2.24, 2.45) is 4.99 Å². The topological polar surface area (TPSA) is 231 Å². The Morgan fingerprint density at radius 2 is 1.77 bits per heavy atom. The second-order valence-electron chi connectivity index (χ2n) is 10.4. The van der Waals surface area contributed by atoms with E-state index in [1.165, 1.54) is 6.20 Å². The molecule has 2 bridgehead atoms. The standard InChI is InChI=1S/C20H29N7O11S/c1-19(2,3)36-16(30)23-14(24-17(31)37-20(4,5)6)26-13-10(7-22-26)12-9-25(11(13)8-21-15(28)29)18(32)27(12)38-39(33,34)35/h7,11-12,21H,8-9H2,1-6H3,(H,28,29)(H,33,34,35)(H,23,24,30,31). The van der Waals surface area contributed by atoms with E-state index in [0.717, 1.165) is 9.58 Å². The van der Waals surface area contributed by atoms with Crippen molar-refractivity contribution in [2.75, 3.05) is 13.1 Å². The minimum atomic E-state index is -5.12. The number of rotatable bonds is 4. The largest absolute Gasteiger partial charge is 0.465 e. The van der Waals surface area contributed by atoms with Crippen LogP contribution in [0.3, 0.4) is 0 Å². The van der Waals surface area contributed by atoms with Crippen molar-refractivity contribution in [3.05, 3.63) is 17.5 Å². The summed E-state index contributed by atoms with van der Waals surface area (Å²) in [6.45, 7) is 8.97. The lowest BCUT2D eigenvalue weighted by Crippen LogP contribution is -2.45. The molecule has 0 saturated carbocycles. The zero-order valence-corrected chi connectivity index (χ0v) is 22.7. The van der Waals surface area contributed by atoms with Crippen LogP contribution in [0, 0.1) is 0 Å². The van der Waals surface area contributed by atoms with Gasteiger partial charge in [0.1, 0.15) is 17.2 Å². The zero-order chi connectivity index (χ0) is 29.5. The van der Waals surface area contributed by atoms with Crippen LogP contribution in [-0.2, 0) is 24.2 Å². The number of hydrogen-bond donors (Lipinski definition) is 4. The predicted octanol–water partition coefficient (Wildman–Crippen LogP) is 1.38. The Labute approximate surface area is 222 Å². The first-order valence-corrected chi connectivity index (χ1v) is 12.8. The van der Waals surface area contributed by atoms with Crippen LogP contribution in [0.25, 0.3) is 0 Å². The Kier molecular flexibility index (Phi) is 7.82. The summed E-state index contributed by atoms with van der Waals surface area (Å²) >= 11 is 0. The highest BCUT2D eigenvalue weighted by Crippen LogP contribution is 2.44. The van der Waals surface area contributed by atoms with Gasteiger partial charge in [-0.3, -0.25) is 9.87 Å². The molecule has 0 aromatic carbocycles. The molecule has 1 aromatic rings. The normalized spacial score (nSPS) is 19.5. The number of fused-ring (bicyclic) bond motifs is 4. The van der Waals surface area contributed by atoms with E-state index in [9.17, 15) is 37.3 Å². The molecule has 39 heavy (non-hydrogen) atoms. The number of aromatic nitrogens is 2. The van der Waals surface area contributed by atoms with E-state index < -0.39 is 70.5 Å². The van der Waals surface area contributed by atoms with E-state index in [2.05, 4.69) is 25.0 Å². The van der Waals surface area contributed by atoms with Gasteiger partial charge in [0, 0.05) is 12.1 Å². The fraction of sp³-hybridized carbons (Fsp3) is 0.600. The summed E-state index contributed by atoms with van der Waals surface area (Å²) in [6.07, 6.45) is -2.40. The Morgan fingerprint density at radius 3 is 2.31 bits per heavy atom. The molecule has 4 N–H and O–H groups in total. The van der Waals surface area contributed by atoms with E-state index in [1.54, 1.807) is 41.5 Å². The minimum absolute atomic E-state index is 0.0492. The molecule has 216 valence electrons. The maximum Gasteiger partial charge on any atom is 0.437 e. The lowest BCUT2D eigenvalue weighted by Gasteiger charge is -2.31. The fourth-order valence-electron chi connectivity index (χ4n) is 3.83. The van der Waals surface area contributed by atoms with Crippen LogP contribution in [0.2, 0.25) is 0 Å². The van der Waals surface area contributed by atoms with Crippen molar-refractivity contribution >= 4 is 40.7 Å². The molecule has 3 rings (SSSR count). The number of carbonyl (C=O) groups excluding carboxylic acids is 3. The smallest absolute Gasteiger partial charge is 0.437 e. The van der Waals surface area contributed by atoms with Crippen LogP contribution >= 0.6 is 0 Å². The molecule has 2 atom stereocenters. The van der Waals surface area contributed by atoms with Gasteiger partial charge >= 0.3 is 34.7 Å². The van der Waals surface area contributed by atoms with Gasteiger partial charge in [-0.15, -0.1) is 9.28 Å². The molecule has 2 aliphatic heterocycles.